The first-order valence-electron chi connectivity index (χ1n) is 6.44. The van der Waals surface area contributed by atoms with Gasteiger partial charge in [0.25, 0.3) is 5.91 Å². The number of anilines is 1. The fourth-order valence-corrected chi connectivity index (χ4v) is 1.83. The predicted molar refractivity (Wildman–Crippen MR) is 78.3 cm³/mol. The Morgan fingerprint density at radius 3 is 2.20 bits per heavy atom. The number of benzene rings is 2. The molecule has 0 aliphatic carbocycles. The minimum atomic E-state index is -0.355. The van der Waals surface area contributed by atoms with Crippen LogP contribution < -0.4 is 10.6 Å². The minimum Gasteiger partial charge on any atom is -0.322 e. The molecule has 0 aliphatic rings. The SMILES string of the molecule is CNC(C)c1ccc(NC(=O)c2ccc(F)cc2)cc1. The van der Waals surface area contributed by atoms with Gasteiger partial charge in [-0.2, -0.15) is 0 Å². The number of rotatable bonds is 4. The van der Waals surface area contributed by atoms with Crippen molar-refractivity contribution in [1.29, 1.82) is 0 Å². The summed E-state index contributed by atoms with van der Waals surface area (Å²) in [5.74, 6) is -0.605. The summed E-state index contributed by atoms with van der Waals surface area (Å²) in [6, 6.07) is 13.3. The molecule has 0 bridgehead atoms. The molecule has 0 saturated heterocycles. The topological polar surface area (TPSA) is 41.1 Å². The fraction of sp³-hybridized carbons (Fsp3) is 0.188. The van der Waals surface area contributed by atoms with Gasteiger partial charge in [-0.1, -0.05) is 12.1 Å². The molecular formula is C16H17FN2O. The lowest BCUT2D eigenvalue weighted by Crippen LogP contribution is -2.13. The molecule has 4 heteroatoms. The Bertz CT molecular complexity index is 578. The van der Waals surface area contributed by atoms with Crippen LogP contribution in [-0.2, 0) is 0 Å². The molecule has 2 N–H and O–H groups in total. The van der Waals surface area contributed by atoms with Crippen molar-refractivity contribution in [3.63, 3.8) is 0 Å². The van der Waals surface area contributed by atoms with E-state index >= 15 is 0 Å². The molecule has 0 radical (unpaired) electrons. The second-order valence-electron chi connectivity index (χ2n) is 4.59. The van der Waals surface area contributed by atoms with Crippen molar-refractivity contribution in [2.45, 2.75) is 13.0 Å². The fourth-order valence-electron chi connectivity index (χ4n) is 1.83. The molecule has 1 unspecified atom stereocenters. The van der Waals surface area contributed by atoms with Crippen LogP contribution in [0.4, 0.5) is 10.1 Å². The van der Waals surface area contributed by atoms with Crippen LogP contribution in [0.15, 0.2) is 48.5 Å². The molecule has 1 atom stereocenters. The van der Waals surface area contributed by atoms with Crippen LogP contribution in [0, 0.1) is 5.82 Å². The maximum absolute atomic E-state index is 12.8. The van der Waals surface area contributed by atoms with Gasteiger partial charge in [-0.3, -0.25) is 4.79 Å². The first kappa shape index (κ1) is 14.2. The van der Waals surface area contributed by atoms with Crippen molar-refractivity contribution in [3.8, 4) is 0 Å². The first-order valence-corrected chi connectivity index (χ1v) is 6.44. The van der Waals surface area contributed by atoms with E-state index in [4.69, 9.17) is 0 Å². The zero-order chi connectivity index (χ0) is 14.5. The number of hydrogen-bond donors (Lipinski definition) is 2. The van der Waals surface area contributed by atoms with E-state index in [9.17, 15) is 9.18 Å². The first-order chi connectivity index (χ1) is 9.60. The van der Waals surface area contributed by atoms with Gasteiger partial charge in [0.2, 0.25) is 0 Å². The predicted octanol–water partition coefficient (Wildman–Crippen LogP) is 3.36. The normalized spacial score (nSPS) is 11.9. The molecule has 1 amide bonds. The van der Waals surface area contributed by atoms with Gasteiger partial charge < -0.3 is 10.6 Å². The number of nitrogens with one attached hydrogen (secondary N) is 2. The molecule has 2 rings (SSSR count). The van der Waals surface area contributed by atoms with Crippen molar-refractivity contribution in [1.82, 2.24) is 5.32 Å². The molecule has 20 heavy (non-hydrogen) atoms. The number of amides is 1. The lowest BCUT2D eigenvalue weighted by molar-refractivity contribution is 0.102. The summed E-state index contributed by atoms with van der Waals surface area (Å²) in [5.41, 5.74) is 2.29. The number of carbonyl (C=O) groups excluding carboxylic acids is 1. The maximum Gasteiger partial charge on any atom is 0.255 e. The monoisotopic (exact) mass is 272 g/mol. The van der Waals surface area contributed by atoms with E-state index in [1.807, 2.05) is 31.3 Å². The van der Waals surface area contributed by atoms with Crippen LogP contribution in [0.5, 0.6) is 0 Å². The smallest absolute Gasteiger partial charge is 0.255 e. The highest BCUT2D eigenvalue weighted by atomic mass is 19.1. The van der Waals surface area contributed by atoms with E-state index in [0.717, 1.165) is 5.56 Å². The molecule has 0 spiro atoms. The third kappa shape index (κ3) is 3.42. The summed E-state index contributed by atoms with van der Waals surface area (Å²) in [6.45, 7) is 2.06. The Hall–Kier alpha value is -2.20. The van der Waals surface area contributed by atoms with Crippen LogP contribution in [0.25, 0.3) is 0 Å². The van der Waals surface area contributed by atoms with Gasteiger partial charge in [-0.25, -0.2) is 4.39 Å². The Morgan fingerprint density at radius 2 is 1.65 bits per heavy atom. The van der Waals surface area contributed by atoms with Crippen LogP contribution in [0.3, 0.4) is 0 Å². The van der Waals surface area contributed by atoms with Gasteiger partial charge >= 0.3 is 0 Å². The Morgan fingerprint density at radius 1 is 1.05 bits per heavy atom. The second kappa shape index (κ2) is 6.30. The average molecular weight is 272 g/mol. The van der Waals surface area contributed by atoms with Crippen molar-refractivity contribution >= 4 is 11.6 Å². The van der Waals surface area contributed by atoms with Gasteiger partial charge in [-0.05, 0) is 55.9 Å². The molecule has 104 valence electrons. The largest absolute Gasteiger partial charge is 0.322 e. The summed E-state index contributed by atoms with van der Waals surface area (Å²) in [6.07, 6.45) is 0. The van der Waals surface area contributed by atoms with Gasteiger partial charge in [0.15, 0.2) is 0 Å². The van der Waals surface area contributed by atoms with Crippen molar-refractivity contribution < 1.29 is 9.18 Å². The van der Waals surface area contributed by atoms with E-state index in [1.54, 1.807) is 0 Å². The van der Waals surface area contributed by atoms with E-state index in [-0.39, 0.29) is 17.8 Å². The molecular weight excluding hydrogens is 255 g/mol. The lowest BCUT2D eigenvalue weighted by atomic mass is 10.1. The molecule has 0 heterocycles. The molecule has 0 aromatic heterocycles. The highest BCUT2D eigenvalue weighted by Gasteiger charge is 2.07. The third-order valence-electron chi connectivity index (χ3n) is 3.21. The summed E-state index contributed by atoms with van der Waals surface area (Å²) in [4.78, 5) is 12.0. The van der Waals surface area contributed by atoms with Crippen molar-refractivity contribution in [2.75, 3.05) is 12.4 Å². The number of hydrogen-bond acceptors (Lipinski definition) is 2. The van der Waals surface area contributed by atoms with Gasteiger partial charge in [-0.15, -0.1) is 0 Å². The molecule has 3 nitrogen and oxygen atoms in total. The molecule has 2 aromatic carbocycles. The minimum absolute atomic E-state index is 0.251. The third-order valence-corrected chi connectivity index (χ3v) is 3.21. The maximum atomic E-state index is 12.8. The zero-order valence-electron chi connectivity index (χ0n) is 11.5. The second-order valence-corrected chi connectivity index (χ2v) is 4.59. The molecule has 0 saturated carbocycles. The number of carbonyl (C=O) groups is 1. The Labute approximate surface area is 117 Å². The van der Waals surface area contributed by atoms with Crippen molar-refractivity contribution in [3.05, 3.63) is 65.5 Å². The average Bonchev–Trinajstić information content (AvgIpc) is 2.48. The summed E-state index contributed by atoms with van der Waals surface area (Å²) in [7, 11) is 1.90. The van der Waals surface area contributed by atoms with Gasteiger partial charge in [0.05, 0.1) is 0 Å². The summed E-state index contributed by atoms with van der Waals surface area (Å²) in [5, 5.41) is 5.93. The molecule has 0 aliphatic heterocycles. The highest BCUT2D eigenvalue weighted by Crippen LogP contribution is 2.16. The van der Waals surface area contributed by atoms with E-state index in [0.29, 0.717) is 11.3 Å². The van der Waals surface area contributed by atoms with Crippen molar-refractivity contribution in [2.24, 2.45) is 0 Å². The summed E-state index contributed by atoms with van der Waals surface area (Å²) < 4.78 is 12.8. The quantitative estimate of drug-likeness (QED) is 0.896. The Balaban J connectivity index is 2.06. The number of halogens is 1. The Kier molecular flexibility index (Phi) is 4.48. The summed E-state index contributed by atoms with van der Waals surface area (Å²) >= 11 is 0. The lowest BCUT2D eigenvalue weighted by Gasteiger charge is -2.11. The molecule has 0 fully saturated rings. The zero-order valence-corrected chi connectivity index (χ0v) is 11.5. The molecule has 2 aromatic rings. The van der Waals surface area contributed by atoms with Crippen LogP contribution in [-0.4, -0.2) is 13.0 Å². The van der Waals surface area contributed by atoms with E-state index in [2.05, 4.69) is 17.6 Å². The van der Waals surface area contributed by atoms with Crippen LogP contribution >= 0.6 is 0 Å². The van der Waals surface area contributed by atoms with E-state index < -0.39 is 0 Å². The highest BCUT2D eigenvalue weighted by molar-refractivity contribution is 6.04. The van der Waals surface area contributed by atoms with Gasteiger partial charge in [0.1, 0.15) is 5.82 Å². The standard InChI is InChI=1S/C16H17FN2O/c1-11(18-2)12-5-9-15(10-6-12)19-16(20)13-3-7-14(17)8-4-13/h3-11,18H,1-2H3,(H,19,20). The van der Waals surface area contributed by atoms with Crippen LogP contribution in [0.1, 0.15) is 28.9 Å². The van der Waals surface area contributed by atoms with Crippen LogP contribution in [0.2, 0.25) is 0 Å². The van der Waals surface area contributed by atoms with E-state index in [1.165, 1.54) is 24.3 Å². The van der Waals surface area contributed by atoms with Gasteiger partial charge in [0, 0.05) is 17.3 Å².